The molecule has 1 aliphatic rings. The van der Waals surface area contributed by atoms with E-state index in [1.165, 1.54) is 0 Å². The maximum absolute atomic E-state index is 12.9. The molecule has 0 radical (unpaired) electrons. The van der Waals surface area contributed by atoms with Crippen molar-refractivity contribution in [1.82, 2.24) is 19.0 Å². The number of benzene rings is 1. The molecule has 4 rings (SSSR count). The first kappa shape index (κ1) is 19.4. The van der Waals surface area contributed by atoms with Gasteiger partial charge >= 0.3 is 0 Å². The average Bonchev–Trinajstić information content (AvgIpc) is 3.14. The van der Waals surface area contributed by atoms with Crippen molar-refractivity contribution in [2.75, 3.05) is 13.1 Å². The third kappa shape index (κ3) is 4.11. The Kier molecular flexibility index (Phi) is 5.51. The number of carbonyl (C=O) groups excluding carboxylic acids is 1. The number of imidazole rings is 1. The van der Waals surface area contributed by atoms with Crippen molar-refractivity contribution in [2.45, 2.75) is 46.2 Å². The van der Waals surface area contributed by atoms with E-state index in [9.17, 15) is 9.59 Å². The van der Waals surface area contributed by atoms with E-state index in [4.69, 9.17) is 0 Å². The molecule has 1 aromatic carbocycles. The van der Waals surface area contributed by atoms with Crippen molar-refractivity contribution in [3.8, 4) is 0 Å². The molecule has 0 N–H and O–H groups in total. The minimum Gasteiger partial charge on any atom is -0.341 e. The van der Waals surface area contributed by atoms with Crippen LogP contribution in [0.5, 0.6) is 0 Å². The quantitative estimate of drug-likeness (QED) is 0.670. The first-order valence-electron chi connectivity index (χ1n) is 10.4. The van der Waals surface area contributed by atoms with Crippen LogP contribution in [0.2, 0.25) is 0 Å². The minimum atomic E-state index is -0.111. The predicted molar refractivity (Wildman–Crippen MR) is 114 cm³/mol. The van der Waals surface area contributed by atoms with E-state index in [2.05, 4.69) is 9.55 Å². The monoisotopic (exact) mass is 392 g/mol. The fourth-order valence-corrected chi connectivity index (χ4v) is 4.33. The summed E-state index contributed by atoms with van der Waals surface area (Å²) in [7, 11) is 0. The molecule has 0 bridgehead atoms. The summed E-state index contributed by atoms with van der Waals surface area (Å²) in [5.74, 6) is 1.71. The number of likely N-dealkylation sites (tertiary alicyclic amines) is 1. The van der Waals surface area contributed by atoms with Crippen LogP contribution in [0.25, 0.3) is 10.9 Å². The Labute approximate surface area is 170 Å². The van der Waals surface area contributed by atoms with Crippen LogP contribution in [-0.2, 0) is 17.9 Å². The Balaban J connectivity index is 1.38. The highest BCUT2D eigenvalue weighted by atomic mass is 16.2. The molecular formula is C23H28N4O2. The molecule has 29 heavy (non-hydrogen) atoms. The summed E-state index contributed by atoms with van der Waals surface area (Å²) >= 11 is 0. The summed E-state index contributed by atoms with van der Waals surface area (Å²) in [6.07, 6.45) is 7.01. The van der Waals surface area contributed by atoms with Crippen LogP contribution in [0.15, 0.2) is 47.5 Å². The topological polar surface area (TPSA) is 60.1 Å². The van der Waals surface area contributed by atoms with E-state index in [1.54, 1.807) is 10.6 Å². The smallest absolute Gasteiger partial charge is 0.251 e. The zero-order valence-corrected chi connectivity index (χ0v) is 17.2. The molecule has 6 nitrogen and oxygen atoms in total. The SMILES string of the molecule is Cc1cc(=O)n(CC(=O)N2CCC(CCn3ccnc3C)CC2)c2ccccc12. The van der Waals surface area contributed by atoms with Gasteiger partial charge in [-0.3, -0.25) is 14.2 Å². The van der Waals surface area contributed by atoms with Gasteiger partial charge in [0.05, 0.1) is 5.52 Å². The molecule has 0 unspecified atom stereocenters. The molecule has 0 saturated carbocycles. The summed E-state index contributed by atoms with van der Waals surface area (Å²) < 4.78 is 3.80. The number of nitrogens with zero attached hydrogens (tertiary/aromatic N) is 4. The Morgan fingerprint density at radius 3 is 2.66 bits per heavy atom. The lowest BCUT2D eigenvalue weighted by molar-refractivity contribution is -0.133. The number of pyridine rings is 1. The number of fused-ring (bicyclic) bond motifs is 1. The van der Waals surface area contributed by atoms with Crippen LogP contribution in [0.1, 0.15) is 30.7 Å². The van der Waals surface area contributed by atoms with Crippen LogP contribution < -0.4 is 5.56 Å². The number of rotatable bonds is 5. The second-order valence-electron chi connectivity index (χ2n) is 8.05. The first-order chi connectivity index (χ1) is 14.0. The van der Waals surface area contributed by atoms with Crippen molar-refractivity contribution < 1.29 is 4.79 Å². The van der Waals surface area contributed by atoms with Gasteiger partial charge in [-0.1, -0.05) is 18.2 Å². The molecule has 1 fully saturated rings. The standard InChI is InChI=1S/C23H28N4O2/c1-17-15-22(28)27(21-6-4-3-5-20(17)21)16-23(29)26-12-8-19(9-13-26)7-11-25-14-10-24-18(25)2/h3-6,10,14-15,19H,7-9,11-13,16H2,1-2H3. The predicted octanol–water partition coefficient (Wildman–Crippen LogP) is 3.14. The number of piperidine rings is 1. The van der Waals surface area contributed by atoms with Crippen LogP contribution in [0, 0.1) is 19.8 Å². The molecule has 1 aliphatic heterocycles. The summed E-state index contributed by atoms with van der Waals surface area (Å²) in [6, 6.07) is 9.41. The average molecular weight is 393 g/mol. The summed E-state index contributed by atoms with van der Waals surface area (Å²) in [5.41, 5.74) is 1.67. The van der Waals surface area contributed by atoms with Gasteiger partial charge in [-0.2, -0.15) is 0 Å². The van der Waals surface area contributed by atoms with Crippen LogP contribution in [0.4, 0.5) is 0 Å². The highest BCUT2D eigenvalue weighted by Crippen LogP contribution is 2.22. The Morgan fingerprint density at radius 2 is 1.93 bits per heavy atom. The highest BCUT2D eigenvalue weighted by molar-refractivity contribution is 5.84. The fourth-order valence-electron chi connectivity index (χ4n) is 4.33. The summed E-state index contributed by atoms with van der Waals surface area (Å²) in [4.78, 5) is 31.6. The third-order valence-electron chi connectivity index (χ3n) is 6.19. The molecule has 6 heteroatoms. The van der Waals surface area contributed by atoms with Gasteiger partial charge < -0.3 is 9.47 Å². The van der Waals surface area contributed by atoms with Gasteiger partial charge in [0.1, 0.15) is 12.4 Å². The fraction of sp³-hybridized carbons (Fsp3) is 0.435. The Morgan fingerprint density at radius 1 is 1.17 bits per heavy atom. The van der Waals surface area contributed by atoms with Crippen LogP contribution in [-0.4, -0.2) is 38.0 Å². The van der Waals surface area contributed by atoms with Gasteiger partial charge in [0.2, 0.25) is 5.91 Å². The van der Waals surface area contributed by atoms with Gasteiger partial charge in [-0.25, -0.2) is 4.98 Å². The molecule has 152 valence electrons. The zero-order chi connectivity index (χ0) is 20.4. The summed E-state index contributed by atoms with van der Waals surface area (Å²) in [5, 5.41) is 1.02. The van der Waals surface area contributed by atoms with Gasteiger partial charge in [0.25, 0.3) is 5.56 Å². The summed E-state index contributed by atoms with van der Waals surface area (Å²) in [6.45, 7) is 6.59. The molecular weight excluding hydrogens is 364 g/mol. The second-order valence-corrected chi connectivity index (χ2v) is 8.05. The minimum absolute atomic E-state index is 0.0324. The van der Waals surface area contributed by atoms with E-state index >= 15 is 0 Å². The van der Waals surface area contributed by atoms with Crippen molar-refractivity contribution in [1.29, 1.82) is 0 Å². The van der Waals surface area contributed by atoms with Crippen molar-refractivity contribution in [3.05, 3.63) is 64.5 Å². The maximum atomic E-state index is 12.9. The lowest BCUT2D eigenvalue weighted by Gasteiger charge is -2.32. The largest absolute Gasteiger partial charge is 0.341 e. The number of para-hydroxylation sites is 1. The third-order valence-corrected chi connectivity index (χ3v) is 6.19. The van der Waals surface area contributed by atoms with E-state index in [0.29, 0.717) is 5.92 Å². The van der Waals surface area contributed by atoms with E-state index in [-0.39, 0.29) is 18.0 Å². The molecule has 2 aromatic heterocycles. The number of aryl methyl sites for hydroxylation is 3. The van der Waals surface area contributed by atoms with Gasteiger partial charge in [-0.15, -0.1) is 0 Å². The Hall–Kier alpha value is -2.89. The van der Waals surface area contributed by atoms with Crippen LogP contribution in [0.3, 0.4) is 0 Å². The molecule has 0 atom stereocenters. The van der Waals surface area contributed by atoms with Crippen molar-refractivity contribution >= 4 is 16.8 Å². The van der Waals surface area contributed by atoms with E-state index < -0.39 is 0 Å². The molecule has 0 aliphatic carbocycles. The second kappa shape index (κ2) is 8.23. The first-order valence-corrected chi connectivity index (χ1v) is 10.4. The number of hydrogen-bond donors (Lipinski definition) is 0. The lowest BCUT2D eigenvalue weighted by Crippen LogP contribution is -2.41. The molecule has 3 heterocycles. The van der Waals surface area contributed by atoms with Gasteiger partial charge in [0.15, 0.2) is 0 Å². The Bertz CT molecular complexity index is 1070. The number of carbonyl (C=O) groups is 1. The molecule has 0 spiro atoms. The van der Waals surface area contributed by atoms with E-state index in [0.717, 1.165) is 61.2 Å². The molecule has 3 aromatic rings. The zero-order valence-electron chi connectivity index (χ0n) is 17.2. The lowest BCUT2D eigenvalue weighted by atomic mass is 9.93. The highest BCUT2D eigenvalue weighted by Gasteiger charge is 2.23. The van der Waals surface area contributed by atoms with Gasteiger partial charge in [-0.05, 0) is 50.7 Å². The van der Waals surface area contributed by atoms with Crippen molar-refractivity contribution in [2.24, 2.45) is 5.92 Å². The van der Waals surface area contributed by atoms with Crippen molar-refractivity contribution in [3.63, 3.8) is 0 Å². The van der Waals surface area contributed by atoms with Crippen LogP contribution >= 0.6 is 0 Å². The number of aromatic nitrogens is 3. The number of amides is 1. The molecule has 1 amide bonds. The number of hydrogen-bond acceptors (Lipinski definition) is 3. The van der Waals surface area contributed by atoms with Gasteiger partial charge in [0, 0.05) is 43.5 Å². The van der Waals surface area contributed by atoms with E-state index in [1.807, 2.05) is 55.4 Å². The molecule has 1 saturated heterocycles. The normalized spacial score (nSPS) is 15.2. The maximum Gasteiger partial charge on any atom is 0.251 e.